The van der Waals surface area contributed by atoms with Gasteiger partial charge in [-0.25, -0.2) is 0 Å². The normalized spacial score (nSPS) is 41.5. The highest BCUT2D eigenvalue weighted by Gasteiger charge is 2.64. The minimum atomic E-state index is 0.404. The summed E-state index contributed by atoms with van der Waals surface area (Å²) in [5, 5.41) is 0. The maximum Gasteiger partial charge on any atom is 0.0107 e. The molecule has 1 saturated carbocycles. The van der Waals surface area contributed by atoms with Gasteiger partial charge in [-0.3, -0.25) is 4.90 Å². The van der Waals surface area contributed by atoms with E-state index in [1.165, 1.54) is 19.5 Å². The SMILES string of the molecule is CC1C(N)CCN(CC2C(C)(C)C2(C)C)C1C. The van der Waals surface area contributed by atoms with Crippen LogP contribution in [0.15, 0.2) is 0 Å². The van der Waals surface area contributed by atoms with E-state index in [4.69, 9.17) is 5.73 Å². The first-order valence-corrected chi connectivity index (χ1v) is 7.19. The Balaban J connectivity index is 1.97. The molecule has 2 nitrogen and oxygen atoms in total. The van der Waals surface area contributed by atoms with E-state index < -0.39 is 0 Å². The summed E-state index contributed by atoms with van der Waals surface area (Å²) in [6.07, 6.45) is 1.17. The predicted molar refractivity (Wildman–Crippen MR) is 73.8 cm³/mol. The zero-order chi connectivity index (χ0) is 13.0. The number of nitrogens with two attached hydrogens (primary N) is 1. The zero-order valence-corrected chi connectivity index (χ0v) is 12.5. The van der Waals surface area contributed by atoms with Crippen LogP contribution in [0.3, 0.4) is 0 Å². The minimum absolute atomic E-state index is 0.404. The molecule has 0 amide bonds. The van der Waals surface area contributed by atoms with Gasteiger partial charge in [-0.2, -0.15) is 0 Å². The summed E-state index contributed by atoms with van der Waals surface area (Å²) in [6, 6.07) is 1.05. The maximum absolute atomic E-state index is 6.16. The lowest BCUT2D eigenvalue weighted by Gasteiger charge is -2.41. The molecule has 1 aliphatic carbocycles. The summed E-state index contributed by atoms with van der Waals surface area (Å²) in [5.74, 6) is 1.48. The molecule has 2 N–H and O–H groups in total. The third-order valence-electron chi connectivity index (χ3n) is 6.50. The van der Waals surface area contributed by atoms with E-state index in [1.54, 1.807) is 0 Å². The first-order valence-electron chi connectivity index (χ1n) is 7.19. The van der Waals surface area contributed by atoms with Gasteiger partial charge >= 0.3 is 0 Å². The van der Waals surface area contributed by atoms with E-state index in [1.807, 2.05) is 0 Å². The molecule has 0 aromatic heterocycles. The molecule has 0 spiro atoms. The predicted octanol–water partition coefficient (Wildman–Crippen LogP) is 2.73. The molecule has 0 bridgehead atoms. The first-order chi connectivity index (χ1) is 7.69. The molecule has 2 rings (SSSR count). The second-order valence-corrected chi connectivity index (χ2v) is 7.54. The maximum atomic E-state index is 6.16. The largest absolute Gasteiger partial charge is 0.327 e. The second kappa shape index (κ2) is 3.96. The topological polar surface area (TPSA) is 29.3 Å². The van der Waals surface area contributed by atoms with Crippen LogP contribution in [0.5, 0.6) is 0 Å². The van der Waals surface area contributed by atoms with Crippen molar-refractivity contribution in [2.45, 2.75) is 60.0 Å². The Morgan fingerprint density at radius 2 is 1.65 bits per heavy atom. The van der Waals surface area contributed by atoms with Crippen LogP contribution in [0, 0.1) is 22.7 Å². The summed E-state index contributed by atoms with van der Waals surface area (Å²) in [7, 11) is 0. The molecule has 100 valence electrons. The molecular formula is C15H30N2. The van der Waals surface area contributed by atoms with Gasteiger partial charge in [0.05, 0.1) is 0 Å². The van der Waals surface area contributed by atoms with Crippen LogP contribution in [0.2, 0.25) is 0 Å². The van der Waals surface area contributed by atoms with Crippen molar-refractivity contribution in [3.63, 3.8) is 0 Å². The van der Waals surface area contributed by atoms with Crippen LogP contribution < -0.4 is 5.73 Å². The number of piperidine rings is 1. The van der Waals surface area contributed by atoms with Crippen molar-refractivity contribution in [1.29, 1.82) is 0 Å². The lowest BCUT2D eigenvalue weighted by molar-refractivity contribution is 0.0877. The lowest BCUT2D eigenvalue weighted by Crippen LogP contribution is -2.52. The standard InChI is InChI=1S/C15H30N2/c1-10-11(2)17(8-7-12(10)16)9-13-14(3,4)15(13,5)6/h10-13H,7-9,16H2,1-6H3. The second-order valence-electron chi connectivity index (χ2n) is 7.54. The van der Waals surface area contributed by atoms with Crippen LogP contribution >= 0.6 is 0 Å². The number of nitrogens with zero attached hydrogens (tertiary/aromatic N) is 1. The number of hydrogen-bond acceptors (Lipinski definition) is 2. The number of hydrogen-bond donors (Lipinski definition) is 1. The Hall–Kier alpha value is -0.0800. The van der Waals surface area contributed by atoms with Crippen molar-refractivity contribution in [2.75, 3.05) is 13.1 Å². The monoisotopic (exact) mass is 238 g/mol. The zero-order valence-electron chi connectivity index (χ0n) is 12.5. The third-order valence-corrected chi connectivity index (χ3v) is 6.50. The van der Waals surface area contributed by atoms with Crippen LogP contribution in [0.25, 0.3) is 0 Å². The highest BCUT2D eigenvalue weighted by molar-refractivity contribution is 5.13. The van der Waals surface area contributed by atoms with Gasteiger partial charge in [-0.1, -0.05) is 34.6 Å². The van der Waals surface area contributed by atoms with Gasteiger partial charge in [-0.05, 0) is 42.6 Å². The van der Waals surface area contributed by atoms with Gasteiger partial charge < -0.3 is 5.73 Å². The van der Waals surface area contributed by atoms with E-state index in [0.717, 1.165) is 5.92 Å². The summed E-state index contributed by atoms with van der Waals surface area (Å²) >= 11 is 0. The Morgan fingerprint density at radius 3 is 2.12 bits per heavy atom. The third kappa shape index (κ3) is 1.94. The molecule has 1 heterocycles. The molecule has 2 heteroatoms. The molecule has 0 aromatic carbocycles. The molecule has 2 aliphatic rings. The smallest absolute Gasteiger partial charge is 0.0107 e. The van der Waals surface area contributed by atoms with Crippen molar-refractivity contribution >= 4 is 0 Å². The fraction of sp³-hybridized carbons (Fsp3) is 1.00. The Morgan fingerprint density at radius 1 is 1.12 bits per heavy atom. The number of likely N-dealkylation sites (tertiary alicyclic amines) is 1. The summed E-state index contributed by atoms with van der Waals surface area (Å²) in [4.78, 5) is 2.68. The van der Waals surface area contributed by atoms with Crippen molar-refractivity contribution in [3.8, 4) is 0 Å². The molecule has 2 fully saturated rings. The van der Waals surface area contributed by atoms with Gasteiger partial charge in [0.15, 0.2) is 0 Å². The molecule has 17 heavy (non-hydrogen) atoms. The summed E-state index contributed by atoms with van der Waals surface area (Å²) in [5.41, 5.74) is 7.18. The van der Waals surface area contributed by atoms with Crippen molar-refractivity contribution in [1.82, 2.24) is 4.90 Å². The molecule has 3 unspecified atom stereocenters. The van der Waals surface area contributed by atoms with Gasteiger partial charge in [0, 0.05) is 18.6 Å². The molecule has 1 aliphatic heterocycles. The lowest BCUT2D eigenvalue weighted by atomic mass is 9.87. The fourth-order valence-electron chi connectivity index (χ4n) is 3.75. The molecular weight excluding hydrogens is 208 g/mol. The average Bonchev–Trinajstić information content (AvgIpc) is 2.61. The summed E-state index contributed by atoms with van der Waals surface area (Å²) in [6.45, 7) is 16.8. The highest BCUT2D eigenvalue weighted by atomic mass is 15.2. The molecule has 1 saturated heterocycles. The van der Waals surface area contributed by atoms with Crippen molar-refractivity contribution < 1.29 is 0 Å². The molecule has 0 aromatic rings. The minimum Gasteiger partial charge on any atom is -0.327 e. The fourth-order valence-corrected chi connectivity index (χ4v) is 3.75. The summed E-state index contributed by atoms with van der Waals surface area (Å²) < 4.78 is 0. The van der Waals surface area contributed by atoms with E-state index >= 15 is 0 Å². The van der Waals surface area contributed by atoms with Gasteiger partial charge in [-0.15, -0.1) is 0 Å². The van der Waals surface area contributed by atoms with E-state index in [-0.39, 0.29) is 0 Å². The molecule has 0 radical (unpaired) electrons. The molecule has 3 atom stereocenters. The first kappa shape index (κ1) is 13.4. The van der Waals surface area contributed by atoms with Crippen LogP contribution in [0.4, 0.5) is 0 Å². The quantitative estimate of drug-likeness (QED) is 0.801. The van der Waals surface area contributed by atoms with Crippen LogP contribution in [0.1, 0.15) is 48.0 Å². The highest BCUT2D eigenvalue weighted by Crippen LogP contribution is 2.68. The van der Waals surface area contributed by atoms with E-state index in [0.29, 0.717) is 28.8 Å². The van der Waals surface area contributed by atoms with Crippen molar-refractivity contribution in [3.05, 3.63) is 0 Å². The van der Waals surface area contributed by atoms with Crippen molar-refractivity contribution in [2.24, 2.45) is 28.4 Å². The van der Waals surface area contributed by atoms with E-state index in [2.05, 4.69) is 46.4 Å². The van der Waals surface area contributed by atoms with E-state index in [9.17, 15) is 0 Å². The van der Waals surface area contributed by atoms with Crippen LogP contribution in [-0.2, 0) is 0 Å². The van der Waals surface area contributed by atoms with Crippen LogP contribution in [-0.4, -0.2) is 30.1 Å². The number of rotatable bonds is 2. The Labute approximate surface area is 107 Å². The van der Waals surface area contributed by atoms with Gasteiger partial charge in [0.2, 0.25) is 0 Å². The average molecular weight is 238 g/mol. The van der Waals surface area contributed by atoms with Gasteiger partial charge in [0.1, 0.15) is 0 Å². The Bertz CT molecular complexity index is 281. The van der Waals surface area contributed by atoms with Gasteiger partial charge in [0.25, 0.3) is 0 Å². The Kier molecular flexibility index (Phi) is 3.11.